The molecule has 7 nitrogen and oxygen atoms in total. The summed E-state index contributed by atoms with van der Waals surface area (Å²) >= 11 is 0. The van der Waals surface area contributed by atoms with Crippen molar-refractivity contribution in [2.75, 3.05) is 0 Å². The Morgan fingerprint density at radius 1 is 0.906 bits per heavy atom. The fourth-order valence-electron chi connectivity index (χ4n) is 3.91. The Bertz CT molecular complexity index is 1530. The summed E-state index contributed by atoms with van der Waals surface area (Å²) in [6, 6.07) is 22.7. The van der Waals surface area contributed by atoms with Gasteiger partial charge in [-0.05, 0) is 41.8 Å². The topological polar surface area (TPSA) is 93.8 Å². The van der Waals surface area contributed by atoms with Crippen molar-refractivity contribution in [1.82, 2.24) is 19.7 Å². The van der Waals surface area contributed by atoms with Crippen LogP contribution >= 0.6 is 0 Å². The summed E-state index contributed by atoms with van der Waals surface area (Å²) in [5, 5.41) is 4.41. The highest BCUT2D eigenvalue weighted by Crippen LogP contribution is 2.30. The van der Waals surface area contributed by atoms with Gasteiger partial charge >= 0.3 is 5.76 Å². The number of aromatic amines is 1. The van der Waals surface area contributed by atoms with Crippen molar-refractivity contribution in [1.29, 1.82) is 0 Å². The van der Waals surface area contributed by atoms with E-state index in [-0.39, 0.29) is 5.56 Å². The molecular weight excluding hydrogens is 404 g/mol. The minimum atomic E-state index is -0.600. The molecule has 2 aromatic heterocycles. The van der Waals surface area contributed by atoms with Crippen molar-refractivity contribution >= 4 is 10.9 Å². The molecule has 5 aromatic rings. The van der Waals surface area contributed by atoms with Crippen LogP contribution in [-0.4, -0.2) is 19.7 Å². The van der Waals surface area contributed by atoms with E-state index in [4.69, 9.17) is 4.98 Å². The molecule has 5 rings (SSSR count). The molecule has 0 fully saturated rings. The number of H-pyrrole nitrogens is 1. The molecule has 2 heterocycles. The smallest absolute Gasteiger partial charge is 0.296 e. The summed E-state index contributed by atoms with van der Waals surface area (Å²) < 4.78 is 6.36. The van der Waals surface area contributed by atoms with Crippen LogP contribution in [0.15, 0.2) is 86.9 Å². The maximum Gasteiger partial charge on any atom is 0.439 e. The number of aryl methyl sites for hydroxylation is 1. The largest absolute Gasteiger partial charge is 0.439 e. The fraction of sp³-hybridized carbons (Fsp3) is 0.120. The summed E-state index contributed by atoms with van der Waals surface area (Å²) in [6.45, 7) is 2.07. The quantitative estimate of drug-likeness (QED) is 0.453. The second-order valence-electron chi connectivity index (χ2n) is 7.47. The molecule has 158 valence electrons. The lowest BCUT2D eigenvalue weighted by Crippen LogP contribution is -2.23. The Labute approximate surface area is 183 Å². The van der Waals surface area contributed by atoms with Gasteiger partial charge in [-0.25, -0.2) is 9.78 Å². The number of fused-ring (bicyclic) bond motifs is 1. The molecule has 1 N–H and O–H groups in total. The van der Waals surface area contributed by atoms with Crippen molar-refractivity contribution in [3.05, 3.63) is 99.5 Å². The number of benzene rings is 3. The van der Waals surface area contributed by atoms with Crippen LogP contribution in [0.1, 0.15) is 19.2 Å². The van der Waals surface area contributed by atoms with E-state index in [0.717, 1.165) is 34.6 Å². The Hall–Kier alpha value is -4.26. The van der Waals surface area contributed by atoms with Gasteiger partial charge in [0.05, 0.1) is 16.6 Å². The van der Waals surface area contributed by atoms with Crippen LogP contribution in [0.5, 0.6) is 0 Å². The van der Waals surface area contributed by atoms with Crippen molar-refractivity contribution in [2.24, 2.45) is 0 Å². The molecule has 0 bridgehead atoms. The van der Waals surface area contributed by atoms with Crippen LogP contribution in [0, 0.1) is 0 Å². The first-order valence-corrected chi connectivity index (χ1v) is 10.4. The van der Waals surface area contributed by atoms with Crippen molar-refractivity contribution in [2.45, 2.75) is 19.8 Å². The first-order valence-electron chi connectivity index (χ1n) is 10.4. The molecule has 0 radical (unpaired) electrons. The molecule has 0 saturated carbocycles. The average molecular weight is 424 g/mol. The molecule has 7 heteroatoms. The fourth-order valence-corrected chi connectivity index (χ4v) is 3.91. The van der Waals surface area contributed by atoms with Gasteiger partial charge in [-0.2, -0.15) is 0 Å². The van der Waals surface area contributed by atoms with Gasteiger partial charge in [0.2, 0.25) is 0 Å². The molecule has 0 aliphatic heterocycles. The molecule has 0 amide bonds. The molecule has 0 aliphatic carbocycles. The molecule has 0 saturated heterocycles. The molecule has 0 spiro atoms. The first-order chi connectivity index (χ1) is 15.7. The molecule has 3 aromatic carbocycles. The van der Waals surface area contributed by atoms with Crippen molar-refractivity contribution < 1.29 is 4.52 Å². The SMILES string of the molecule is CCCc1nc2ccccc2c(=O)n1-c1ccc(-c2ccccc2-c2noc(=O)[nH]2)cc1. The highest BCUT2D eigenvalue weighted by Gasteiger charge is 2.14. The molecular formula is C25H20N4O3. The van der Waals surface area contributed by atoms with E-state index in [1.165, 1.54) is 0 Å². The first kappa shape index (κ1) is 19.7. The Balaban J connectivity index is 1.62. The van der Waals surface area contributed by atoms with Gasteiger partial charge in [-0.15, -0.1) is 0 Å². The van der Waals surface area contributed by atoms with E-state index >= 15 is 0 Å². The van der Waals surface area contributed by atoms with E-state index in [2.05, 4.69) is 21.6 Å². The molecule has 0 atom stereocenters. The number of hydrogen-bond donors (Lipinski definition) is 1. The predicted octanol–water partition coefficient (Wildman–Crippen LogP) is 4.35. The van der Waals surface area contributed by atoms with E-state index in [1.807, 2.05) is 66.7 Å². The zero-order valence-electron chi connectivity index (χ0n) is 17.4. The van der Waals surface area contributed by atoms with Crippen LogP contribution in [0.25, 0.3) is 39.1 Å². The second-order valence-corrected chi connectivity index (χ2v) is 7.47. The van der Waals surface area contributed by atoms with Crippen LogP contribution in [0.3, 0.4) is 0 Å². The van der Waals surface area contributed by atoms with Gasteiger partial charge < -0.3 is 0 Å². The number of hydrogen-bond acceptors (Lipinski definition) is 5. The maximum absolute atomic E-state index is 13.3. The monoisotopic (exact) mass is 424 g/mol. The normalized spacial score (nSPS) is 11.2. The van der Waals surface area contributed by atoms with Gasteiger partial charge in [-0.1, -0.05) is 60.6 Å². The van der Waals surface area contributed by atoms with E-state index in [0.29, 0.717) is 23.1 Å². The van der Waals surface area contributed by atoms with E-state index in [1.54, 1.807) is 10.6 Å². The van der Waals surface area contributed by atoms with Gasteiger partial charge in [0.25, 0.3) is 5.56 Å². The highest BCUT2D eigenvalue weighted by molar-refractivity contribution is 5.81. The molecule has 0 unspecified atom stereocenters. The van der Waals surface area contributed by atoms with Crippen molar-refractivity contribution in [3.8, 4) is 28.2 Å². The Morgan fingerprint density at radius 2 is 1.62 bits per heavy atom. The second kappa shape index (κ2) is 8.11. The number of para-hydroxylation sites is 1. The van der Waals surface area contributed by atoms with Crippen LogP contribution in [-0.2, 0) is 6.42 Å². The van der Waals surface area contributed by atoms with Crippen LogP contribution < -0.4 is 11.3 Å². The Morgan fingerprint density at radius 3 is 2.34 bits per heavy atom. The molecule has 32 heavy (non-hydrogen) atoms. The third-order valence-electron chi connectivity index (χ3n) is 5.38. The lowest BCUT2D eigenvalue weighted by Gasteiger charge is -2.14. The van der Waals surface area contributed by atoms with Gasteiger partial charge in [0, 0.05) is 12.0 Å². The third-order valence-corrected chi connectivity index (χ3v) is 5.38. The maximum atomic E-state index is 13.3. The summed E-state index contributed by atoms with van der Waals surface area (Å²) in [6.07, 6.45) is 1.58. The summed E-state index contributed by atoms with van der Waals surface area (Å²) in [5.41, 5.74) is 3.96. The average Bonchev–Trinajstić information content (AvgIpc) is 3.26. The van der Waals surface area contributed by atoms with Gasteiger partial charge in [-0.3, -0.25) is 18.9 Å². The number of nitrogens with one attached hydrogen (secondary N) is 1. The zero-order chi connectivity index (χ0) is 22.1. The summed E-state index contributed by atoms with van der Waals surface area (Å²) in [4.78, 5) is 32.0. The minimum Gasteiger partial charge on any atom is -0.296 e. The minimum absolute atomic E-state index is 0.0765. The lowest BCUT2D eigenvalue weighted by atomic mass is 9.99. The standard InChI is InChI=1S/C25H20N4O3/c1-2-7-22-26-21-11-6-5-10-20(21)24(30)29(22)17-14-12-16(13-15-17)18-8-3-4-9-19(18)23-27-25(31)32-28-23/h3-6,8-15H,2,7H2,1H3,(H,27,28,31). The van der Waals surface area contributed by atoms with Gasteiger partial charge in [0.15, 0.2) is 5.82 Å². The summed E-state index contributed by atoms with van der Waals surface area (Å²) in [5.74, 6) is 0.510. The number of rotatable bonds is 5. The Kier molecular flexibility index (Phi) is 4.99. The van der Waals surface area contributed by atoms with Crippen LogP contribution in [0.2, 0.25) is 0 Å². The molecule has 0 aliphatic rings. The summed E-state index contributed by atoms with van der Waals surface area (Å²) in [7, 11) is 0. The highest BCUT2D eigenvalue weighted by atomic mass is 16.5. The number of nitrogens with zero attached hydrogens (tertiary/aromatic N) is 3. The van der Waals surface area contributed by atoms with E-state index < -0.39 is 5.76 Å². The van der Waals surface area contributed by atoms with Gasteiger partial charge in [0.1, 0.15) is 5.82 Å². The van der Waals surface area contributed by atoms with Crippen LogP contribution in [0.4, 0.5) is 0 Å². The zero-order valence-corrected chi connectivity index (χ0v) is 17.4. The lowest BCUT2D eigenvalue weighted by molar-refractivity contribution is 0.388. The predicted molar refractivity (Wildman–Crippen MR) is 123 cm³/mol. The van der Waals surface area contributed by atoms with E-state index in [9.17, 15) is 9.59 Å². The third kappa shape index (κ3) is 3.43. The van der Waals surface area contributed by atoms with Crippen molar-refractivity contribution in [3.63, 3.8) is 0 Å². The number of aromatic nitrogens is 4.